The Morgan fingerprint density at radius 3 is 2.42 bits per heavy atom. The molecule has 0 bridgehead atoms. The first-order chi connectivity index (χ1) is 14.9. The first-order valence-corrected chi connectivity index (χ1v) is 9.62. The molecule has 1 fully saturated rings. The van der Waals surface area contributed by atoms with Crippen molar-refractivity contribution in [2.75, 3.05) is 13.7 Å². The van der Waals surface area contributed by atoms with Gasteiger partial charge in [0.15, 0.2) is 5.76 Å². The lowest BCUT2D eigenvalue weighted by atomic mass is 9.99. The average Bonchev–Trinajstić information content (AvgIpc) is 2.81. The van der Waals surface area contributed by atoms with Crippen LogP contribution in [0.4, 0.5) is 0 Å². The molecule has 0 amide bonds. The third-order valence-corrected chi connectivity index (χ3v) is 5.17. The molecule has 1 aliphatic rings. The molecule has 0 radical (unpaired) electrons. The molecule has 0 spiro atoms. The number of ether oxygens (including phenoxy) is 3. The van der Waals surface area contributed by atoms with E-state index in [2.05, 4.69) is 0 Å². The minimum Gasteiger partial charge on any atom is -0.497 e. The van der Waals surface area contributed by atoms with E-state index in [9.17, 15) is 25.2 Å². The van der Waals surface area contributed by atoms with E-state index in [4.69, 9.17) is 18.6 Å². The summed E-state index contributed by atoms with van der Waals surface area (Å²) in [6.45, 7) is -0.625. The van der Waals surface area contributed by atoms with E-state index in [1.54, 1.807) is 42.5 Å². The molecular weight excluding hydrogens is 408 g/mol. The van der Waals surface area contributed by atoms with Crippen LogP contribution >= 0.6 is 0 Å². The van der Waals surface area contributed by atoms with Crippen molar-refractivity contribution in [1.82, 2.24) is 0 Å². The van der Waals surface area contributed by atoms with Crippen LogP contribution in [-0.4, -0.2) is 64.8 Å². The second-order valence-electron chi connectivity index (χ2n) is 7.13. The van der Waals surface area contributed by atoms with Crippen molar-refractivity contribution in [3.8, 4) is 22.8 Å². The first kappa shape index (κ1) is 21.3. The van der Waals surface area contributed by atoms with Gasteiger partial charge in [-0.05, 0) is 18.2 Å². The molecule has 9 heteroatoms. The largest absolute Gasteiger partial charge is 0.497 e. The molecule has 2 heterocycles. The van der Waals surface area contributed by atoms with Crippen LogP contribution in [0.25, 0.3) is 22.3 Å². The Kier molecular flexibility index (Phi) is 5.94. The molecule has 0 aliphatic carbocycles. The maximum Gasteiger partial charge on any atom is 0.235 e. The molecule has 9 nitrogen and oxygen atoms in total. The van der Waals surface area contributed by atoms with Gasteiger partial charge in [-0.25, -0.2) is 0 Å². The number of aliphatic hydroxyl groups excluding tert-OH is 4. The van der Waals surface area contributed by atoms with E-state index < -0.39 is 42.7 Å². The van der Waals surface area contributed by atoms with Crippen LogP contribution in [0.5, 0.6) is 11.5 Å². The summed E-state index contributed by atoms with van der Waals surface area (Å²) >= 11 is 0. The molecule has 31 heavy (non-hydrogen) atoms. The zero-order chi connectivity index (χ0) is 22.1. The van der Waals surface area contributed by atoms with Crippen LogP contribution in [0.1, 0.15) is 0 Å². The zero-order valence-corrected chi connectivity index (χ0v) is 16.5. The van der Waals surface area contributed by atoms with Gasteiger partial charge in [-0.3, -0.25) is 4.79 Å². The Labute approximate surface area is 176 Å². The van der Waals surface area contributed by atoms with Gasteiger partial charge in [0, 0.05) is 5.56 Å². The molecule has 4 N–H and O–H groups in total. The Hall–Kier alpha value is -2.95. The van der Waals surface area contributed by atoms with Gasteiger partial charge in [0.1, 0.15) is 35.7 Å². The predicted molar refractivity (Wildman–Crippen MR) is 109 cm³/mol. The molecule has 1 aromatic heterocycles. The number of methoxy groups -OCH3 is 1. The first-order valence-electron chi connectivity index (χ1n) is 9.62. The van der Waals surface area contributed by atoms with E-state index in [1.807, 2.05) is 0 Å². The Balaban J connectivity index is 1.85. The SMILES string of the molecule is COc1ccc2oc(-c3ccccc3)c(O[C@@H]3O[C@H](CO)[C@@H](O)[C@H](O)[C@H]3O)c(=O)c2c1. The molecule has 164 valence electrons. The maximum absolute atomic E-state index is 13.3. The van der Waals surface area contributed by atoms with Gasteiger partial charge in [-0.1, -0.05) is 30.3 Å². The van der Waals surface area contributed by atoms with Gasteiger partial charge in [0.05, 0.1) is 19.1 Å². The standard InChI is InChI=1S/C22H22O9/c1-28-12-7-8-14-13(9-12)16(24)21(20(29-14)11-5-3-2-4-6-11)31-22-19(27)18(26)17(25)15(10-23)30-22/h2-9,15,17-19,22-23,25-27H,10H2,1H3/t15-,17-,18+,19-,22+/m1/s1. The van der Waals surface area contributed by atoms with Crippen molar-refractivity contribution in [2.24, 2.45) is 0 Å². The van der Waals surface area contributed by atoms with E-state index in [0.717, 1.165) is 0 Å². The summed E-state index contributed by atoms with van der Waals surface area (Å²) in [6, 6.07) is 13.5. The third-order valence-electron chi connectivity index (χ3n) is 5.17. The van der Waals surface area contributed by atoms with Crippen molar-refractivity contribution < 1.29 is 39.1 Å². The van der Waals surface area contributed by atoms with Crippen molar-refractivity contribution in [1.29, 1.82) is 0 Å². The molecule has 3 aromatic rings. The van der Waals surface area contributed by atoms with Gasteiger partial charge < -0.3 is 39.1 Å². The molecule has 0 saturated carbocycles. The Bertz CT molecular complexity index is 1110. The van der Waals surface area contributed by atoms with Gasteiger partial charge in [-0.15, -0.1) is 0 Å². The zero-order valence-electron chi connectivity index (χ0n) is 16.5. The predicted octanol–water partition coefficient (Wildman–Crippen LogP) is 0.647. The summed E-state index contributed by atoms with van der Waals surface area (Å²) in [4.78, 5) is 13.3. The molecule has 5 atom stereocenters. The number of benzene rings is 2. The van der Waals surface area contributed by atoms with Crippen LogP contribution < -0.4 is 14.9 Å². The molecule has 0 unspecified atom stereocenters. The minimum atomic E-state index is -1.68. The summed E-state index contributed by atoms with van der Waals surface area (Å²) in [6.07, 6.45) is -7.60. The molecule has 1 saturated heterocycles. The van der Waals surface area contributed by atoms with Crippen molar-refractivity contribution in [2.45, 2.75) is 30.7 Å². The van der Waals surface area contributed by atoms with Gasteiger partial charge in [0.25, 0.3) is 0 Å². The second kappa shape index (κ2) is 8.66. The lowest BCUT2D eigenvalue weighted by Crippen LogP contribution is -2.60. The van der Waals surface area contributed by atoms with Crippen LogP contribution in [0.15, 0.2) is 57.7 Å². The number of hydrogen-bond acceptors (Lipinski definition) is 9. The average molecular weight is 430 g/mol. The number of aliphatic hydroxyl groups is 4. The van der Waals surface area contributed by atoms with Crippen molar-refractivity contribution in [3.63, 3.8) is 0 Å². The van der Waals surface area contributed by atoms with Crippen LogP contribution in [0, 0.1) is 0 Å². The van der Waals surface area contributed by atoms with E-state index >= 15 is 0 Å². The van der Waals surface area contributed by atoms with Crippen molar-refractivity contribution >= 4 is 11.0 Å². The quantitative estimate of drug-likeness (QED) is 0.459. The summed E-state index contributed by atoms with van der Waals surface area (Å²) in [5.74, 6) is 0.280. The maximum atomic E-state index is 13.3. The summed E-state index contributed by atoms with van der Waals surface area (Å²) < 4.78 is 22.3. The highest BCUT2D eigenvalue weighted by molar-refractivity contribution is 5.83. The highest BCUT2D eigenvalue weighted by Crippen LogP contribution is 2.34. The van der Waals surface area contributed by atoms with Gasteiger partial charge >= 0.3 is 0 Å². The van der Waals surface area contributed by atoms with E-state index in [-0.39, 0.29) is 16.9 Å². The summed E-state index contributed by atoms with van der Waals surface area (Å²) in [7, 11) is 1.46. The second-order valence-corrected chi connectivity index (χ2v) is 7.13. The number of hydrogen-bond donors (Lipinski definition) is 4. The van der Waals surface area contributed by atoms with Crippen LogP contribution in [0.3, 0.4) is 0 Å². The van der Waals surface area contributed by atoms with E-state index in [1.165, 1.54) is 13.2 Å². The Morgan fingerprint density at radius 2 is 1.74 bits per heavy atom. The molecule has 2 aromatic carbocycles. The fraction of sp³-hybridized carbons (Fsp3) is 0.318. The topological polar surface area (TPSA) is 139 Å². The normalized spacial score (nSPS) is 26.0. The number of rotatable bonds is 5. The lowest BCUT2D eigenvalue weighted by Gasteiger charge is -2.39. The smallest absolute Gasteiger partial charge is 0.235 e. The van der Waals surface area contributed by atoms with Crippen molar-refractivity contribution in [3.05, 3.63) is 58.8 Å². The fourth-order valence-corrected chi connectivity index (χ4v) is 3.45. The van der Waals surface area contributed by atoms with Crippen LogP contribution in [0.2, 0.25) is 0 Å². The third kappa shape index (κ3) is 3.89. The number of fused-ring (bicyclic) bond motifs is 1. The van der Waals surface area contributed by atoms with Gasteiger partial charge in [0.2, 0.25) is 17.5 Å². The highest BCUT2D eigenvalue weighted by atomic mass is 16.7. The van der Waals surface area contributed by atoms with Gasteiger partial charge in [-0.2, -0.15) is 0 Å². The van der Waals surface area contributed by atoms with Crippen LogP contribution in [-0.2, 0) is 4.74 Å². The highest BCUT2D eigenvalue weighted by Gasteiger charge is 2.45. The molecular formula is C22H22O9. The minimum absolute atomic E-state index is 0.0974. The lowest BCUT2D eigenvalue weighted by molar-refractivity contribution is -0.277. The summed E-state index contributed by atoms with van der Waals surface area (Å²) in [5, 5.41) is 40.0. The van der Waals surface area contributed by atoms with E-state index in [0.29, 0.717) is 16.9 Å². The monoisotopic (exact) mass is 430 g/mol. The fourth-order valence-electron chi connectivity index (χ4n) is 3.45. The molecule has 1 aliphatic heterocycles. The molecule has 4 rings (SSSR count). The Morgan fingerprint density at radius 1 is 1.00 bits per heavy atom. The summed E-state index contributed by atoms with van der Waals surface area (Å²) in [5.41, 5.74) is 0.290.